The van der Waals surface area contributed by atoms with E-state index in [4.69, 9.17) is 9.73 Å². The molecule has 8 aromatic rings. The van der Waals surface area contributed by atoms with Gasteiger partial charge in [0, 0.05) is 11.3 Å². The van der Waals surface area contributed by atoms with Crippen molar-refractivity contribution in [1.29, 1.82) is 0 Å². The van der Waals surface area contributed by atoms with Gasteiger partial charge in [-0.1, -0.05) is 176 Å². The summed E-state index contributed by atoms with van der Waals surface area (Å²) in [6.45, 7) is 6.53. The van der Waals surface area contributed by atoms with Gasteiger partial charge in [-0.25, -0.2) is 0 Å². The van der Waals surface area contributed by atoms with Crippen LogP contribution in [0.15, 0.2) is 212 Å². The van der Waals surface area contributed by atoms with Crippen molar-refractivity contribution in [2.45, 2.75) is 24.5 Å². The van der Waals surface area contributed by atoms with Gasteiger partial charge in [0.2, 0.25) is 0 Å². The Hall–Kier alpha value is -7.23. The number of aliphatic imine (C=N–C) groups is 1. The highest BCUT2D eigenvalue weighted by atomic mass is 16.5. The fourth-order valence-electron chi connectivity index (χ4n) is 9.47. The SMILES string of the molecule is C1=C(c2ccccc2)NC(c2cccc3ccccc23)=NC1c1ccccc1-c1ccc2c(c1)C1(Cc3ccccc3OCc3ccccc31)c1ccccc1-2.C=C. The highest BCUT2D eigenvalue weighted by Crippen LogP contribution is 2.57. The molecular formula is C55H42N2O. The number of nitrogens with zero attached hydrogens (tertiary/aromatic N) is 1. The number of nitrogens with one attached hydrogen (secondary N) is 1. The first-order chi connectivity index (χ1) is 28.7. The first kappa shape index (κ1) is 35.2. The van der Waals surface area contributed by atoms with Crippen molar-refractivity contribution in [2.75, 3.05) is 0 Å². The van der Waals surface area contributed by atoms with Crippen molar-refractivity contribution < 1.29 is 4.74 Å². The predicted molar refractivity (Wildman–Crippen MR) is 240 cm³/mol. The summed E-state index contributed by atoms with van der Waals surface area (Å²) in [5.41, 5.74) is 15.4. The summed E-state index contributed by atoms with van der Waals surface area (Å²) in [5.74, 6) is 1.83. The number of ether oxygens (including phenoxy) is 1. The van der Waals surface area contributed by atoms with Crippen LogP contribution in [0, 0.1) is 0 Å². The zero-order valence-corrected chi connectivity index (χ0v) is 32.2. The summed E-state index contributed by atoms with van der Waals surface area (Å²) in [7, 11) is 0. The van der Waals surface area contributed by atoms with Crippen LogP contribution in [0.3, 0.4) is 0 Å². The summed E-state index contributed by atoms with van der Waals surface area (Å²) in [6.07, 6.45) is 3.08. The third-order valence-corrected chi connectivity index (χ3v) is 12.0. The zero-order chi connectivity index (χ0) is 39.1. The van der Waals surface area contributed by atoms with Gasteiger partial charge in [-0.2, -0.15) is 0 Å². The van der Waals surface area contributed by atoms with Crippen molar-refractivity contribution in [2.24, 2.45) is 4.99 Å². The lowest BCUT2D eigenvalue weighted by atomic mass is 9.66. The summed E-state index contributed by atoms with van der Waals surface area (Å²) >= 11 is 0. The lowest BCUT2D eigenvalue weighted by molar-refractivity contribution is 0.293. The Morgan fingerprint density at radius 3 is 2.07 bits per heavy atom. The van der Waals surface area contributed by atoms with Gasteiger partial charge in [-0.3, -0.25) is 4.99 Å². The molecule has 0 bridgehead atoms. The third kappa shape index (κ3) is 5.78. The van der Waals surface area contributed by atoms with E-state index >= 15 is 0 Å². The van der Waals surface area contributed by atoms with Crippen LogP contribution in [0.25, 0.3) is 38.7 Å². The maximum absolute atomic E-state index is 6.49. The Kier molecular flexibility index (Phi) is 8.92. The van der Waals surface area contributed by atoms with Gasteiger partial charge in [0.15, 0.2) is 0 Å². The molecule has 8 aromatic carbocycles. The summed E-state index contributed by atoms with van der Waals surface area (Å²) in [4.78, 5) is 5.52. The molecule has 2 atom stereocenters. The van der Waals surface area contributed by atoms with Crippen molar-refractivity contribution in [3.63, 3.8) is 0 Å². The van der Waals surface area contributed by atoms with Crippen LogP contribution in [0.4, 0.5) is 0 Å². The molecule has 0 radical (unpaired) electrons. The molecule has 58 heavy (non-hydrogen) atoms. The minimum absolute atomic E-state index is 0.220. The van der Waals surface area contributed by atoms with Crippen molar-refractivity contribution >= 4 is 22.3 Å². The smallest absolute Gasteiger partial charge is 0.134 e. The van der Waals surface area contributed by atoms with Gasteiger partial charge >= 0.3 is 0 Å². The van der Waals surface area contributed by atoms with Crippen LogP contribution >= 0.6 is 0 Å². The minimum atomic E-state index is -0.401. The number of fused-ring (bicyclic) bond motifs is 9. The number of hydrogen-bond acceptors (Lipinski definition) is 3. The molecule has 3 nitrogen and oxygen atoms in total. The van der Waals surface area contributed by atoms with Crippen LogP contribution in [0.2, 0.25) is 0 Å². The van der Waals surface area contributed by atoms with E-state index in [1.54, 1.807) is 0 Å². The fraction of sp³-hybridized carbons (Fsp3) is 0.0727. The third-order valence-electron chi connectivity index (χ3n) is 12.0. The van der Waals surface area contributed by atoms with Crippen LogP contribution in [0.5, 0.6) is 5.75 Å². The molecule has 0 saturated heterocycles. The quantitative estimate of drug-likeness (QED) is 0.182. The van der Waals surface area contributed by atoms with Crippen LogP contribution in [0.1, 0.15) is 50.5 Å². The molecule has 0 amide bonds. The van der Waals surface area contributed by atoms with Gasteiger partial charge in [0.05, 0.1) is 11.5 Å². The number of benzene rings is 8. The first-order valence-electron chi connectivity index (χ1n) is 20.0. The average Bonchev–Trinajstić information content (AvgIpc) is 3.58. The lowest BCUT2D eigenvalue weighted by Gasteiger charge is -2.37. The molecule has 3 aliphatic rings. The van der Waals surface area contributed by atoms with Crippen molar-refractivity contribution in [3.05, 3.63) is 252 Å². The van der Waals surface area contributed by atoms with Gasteiger partial charge in [0.1, 0.15) is 18.2 Å². The maximum atomic E-state index is 6.49. The molecular weight excluding hydrogens is 705 g/mol. The number of hydrogen-bond donors (Lipinski definition) is 1. The second kappa shape index (κ2) is 14.7. The Labute approximate surface area is 340 Å². The summed E-state index contributed by atoms with van der Waals surface area (Å²) in [6, 6.07) is 67.9. The van der Waals surface area contributed by atoms with E-state index in [1.165, 1.54) is 66.4 Å². The molecule has 1 spiro atoms. The summed E-state index contributed by atoms with van der Waals surface area (Å²) in [5, 5.41) is 6.12. The highest BCUT2D eigenvalue weighted by Gasteiger charge is 2.47. The second-order valence-corrected chi connectivity index (χ2v) is 15.0. The molecule has 0 aromatic heterocycles. The Balaban J connectivity index is 0.00000201. The van der Waals surface area contributed by atoms with Crippen molar-refractivity contribution in [1.82, 2.24) is 5.32 Å². The lowest BCUT2D eigenvalue weighted by Crippen LogP contribution is -2.32. The predicted octanol–water partition coefficient (Wildman–Crippen LogP) is 12.9. The van der Waals surface area contributed by atoms with Gasteiger partial charge in [0.25, 0.3) is 0 Å². The molecule has 3 heteroatoms. The average molecular weight is 747 g/mol. The van der Waals surface area contributed by atoms with E-state index < -0.39 is 5.41 Å². The van der Waals surface area contributed by atoms with Crippen molar-refractivity contribution in [3.8, 4) is 28.0 Å². The zero-order valence-electron chi connectivity index (χ0n) is 32.2. The Morgan fingerprint density at radius 2 is 1.19 bits per heavy atom. The van der Waals surface area contributed by atoms with E-state index in [-0.39, 0.29) is 6.04 Å². The standard InChI is InChI=1S/C53H38N2O.C2H4/c1-2-16-36(17-3-1)49-32-50(55-52(54-49)45-25-14-20-35-15-4-7-21-40(35)45)44-24-9-8-22-41(44)37-29-30-43-42-23-10-12-27-47(42)53(48(43)31-37)33-38-18-6-13-28-51(38)56-34-39-19-5-11-26-46(39)53;1-2/h1-32,50H,33-34H2,(H,54,55);1-2H2. The van der Waals surface area contributed by atoms with E-state index in [1.807, 2.05) is 0 Å². The Morgan fingerprint density at radius 1 is 0.534 bits per heavy atom. The number of rotatable bonds is 4. The van der Waals surface area contributed by atoms with E-state index in [0.29, 0.717) is 6.61 Å². The maximum Gasteiger partial charge on any atom is 0.134 e. The molecule has 0 saturated carbocycles. The molecule has 2 aliphatic heterocycles. The molecule has 278 valence electrons. The molecule has 1 aliphatic carbocycles. The molecule has 2 heterocycles. The summed E-state index contributed by atoms with van der Waals surface area (Å²) < 4.78 is 6.49. The number of amidine groups is 1. The molecule has 1 N–H and O–H groups in total. The highest BCUT2D eigenvalue weighted by molar-refractivity contribution is 6.13. The van der Waals surface area contributed by atoms with Crippen LogP contribution in [-0.4, -0.2) is 5.84 Å². The monoisotopic (exact) mass is 746 g/mol. The van der Waals surface area contributed by atoms with Gasteiger partial charge in [-0.05, 0) is 96.6 Å². The number of para-hydroxylation sites is 1. The van der Waals surface area contributed by atoms with E-state index in [2.05, 4.69) is 213 Å². The van der Waals surface area contributed by atoms with Gasteiger partial charge < -0.3 is 10.1 Å². The van der Waals surface area contributed by atoms with E-state index in [9.17, 15) is 0 Å². The minimum Gasteiger partial charge on any atom is -0.489 e. The molecule has 11 rings (SSSR count). The normalized spacial score (nSPS) is 17.3. The first-order valence-corrected chi connectivity index (χ1v) is 20.0. The van der Waals surface area contributed by atoms with Crippen LogP contribution in [-0.2, 0) is 18.4 Å². The van der Waals surface area contributed by atoms with Crippen LogP contribution < -0.4 is 10.1 Å². The largest absolute Gasteiger partial charge is 0.489 e. The molecule has 0 fully saturated rings. The fourth-order valence-corrected chi connectivity index (χ4v) is 9.47. The van der Waals surface area contributed by atoms with Gasteiger partial charge in [-0.15, -0.1) is 13.2 Å². The molecule has 2 unspecified atom stereocenters. The second-order valence-electron chi connectivity index (χ2n) is 15.0. The Bertz CT molecular complexity index is 2900. The topological polar surface area (TPSA) is 33.6 Å². The van der Waals surface area contributed by atoms with E-state index in [0.717, 1.165) is 34.8 Å².